The van der Waals surface area contributed by atoms with Gasteiger partial charge in [-0.05, 0) is 30.9 Å². The number of benzene rings is 1. The second kappa shape index (κ2) is 8.70. The number of aryl methyl sites for hydroxylation is 2. The zero-order valence-corrected chi connectivity index (χ0v) is 16.2. The van der Waals surface area contributed by atoms with Gasteiger partial charge in [0, 0.05) is 11.4 Å². The number of thioether (sulfide) groups is 2. The predicted octanol–water partition coefficient (Wildman–Crippen LogP) is 4.63. The molecule has 0 spiro atoms. The molecule has 124 valence electrons. The number of hydrogen-bond acceptors (Lipinski definition) is 6. The number of carbonyl (C=O) groups is 1. The van der Waals surface area contributed by atoms with Gasteiger partial charge < -0.3 is 5.32 Å². The van der Waals surface area contributed by atoms with E-state index in [-0.39, 0.29) is 5.91 Å². The van der Waals surface area contributed by atoms with Crippen molar-refractivity contribution >= 4 is 46.5 Å². The summed E-state index contributed by atoms with van der Waals surface area (Å²) in [5.41, 5.74) is 3.06. The van der Waals surface area contributed by atoms with Crippen LogP contribution in [0, 0.1) is 19.8 Å². The van der Waals surface area contributed by atoms with Gasteiger partial charge >= 0.3 is 0 Å². The van der Waals surface area contributed by atoms with Crippen molar-refractivity contribution in [2.75, 3.05) is 16.8 Å². The summed E-state index contributed by atoms with van der Waals surface area (Å²) in [5.74, 6) is 1.99. The summed E-state index contributed by atoms with van der Waals surface area (Å²) in [6.45, 7) is 8.36. The highest BCUT2D eigenvalue weighted by molar-refractivity contribution is 8.03. The molecule has 2 rings (SSSR count). The minimum atomic E-state index is -0.0148. The first kappa shape index (κ1) is 18.3. The van der Waals surface area contributed by atoms with Crippen molar-refractivity contribution in [3.8, 4) is 0 Å². The first-order valence-electron chi connectivity index (χ1n) is 7.41. The molecule has 23 heavy (non-hydrogen) atoms. The second-order valence-corrected chi connectivity index (χ2v) is 9.11. The highest BCUT2D eigenvalue weighted by Crippen LogP contribution is 2.30. The summed E-state index contributed by atoms with van der Waals surface area (Å²) >= 11 is 4.71. The van der Waals surface area contributed by atoms with Crippen LogP contribution in [-0.2, 0) is 4.79 Å². The molecule has 0 saturated carbocycles. The number of anilines is 1. The molecule has 0 bridgehead atoms. The van der Waals surface area contributed by atoms with Gasteiger partial charge in [-0.2, -0.15) is 0 Å². The maximum Gasteiger partial charge on any atom is 0.234 e. The third-order valence-corrected chi connectivity index (χ3v) is 6.62. The molecule has 1 N–H and O–H groups in total. The SMILES string of the molecule is Cc1cccc(C)c1NC(=O)CSc1nnc(SCC(C)C)s1. The fourth-order valence-electron chi connectivity index (χ4n) is 1.87. The van der Waals surface area contributed by atoms with Crippen LogP contribution in [0.4, 0.5) is 5.69 Å². The Morgan fingerprint density at radius 2 is 1.78 bits per heavy atom. The van der Waals surface area contributed by atoms with E-state index in [9.17, 15) is 4.79 Å². The molecule has 0 unspecified atom stereocenters. The summed E-state index contributed by atoms with van der Waals surface area (Å²) in [7, 11) is 0. The van der Waals surface area contributed by atoms with Gasteiger partial charge in [-0.25, -0.2) is 0 Å². The molecule has 1 heterocycles. The predicted molar refractivity (Wildman–Crippen MR) is 101 cm³/mol. The van der Waals surface area contributed by atoms with Crippen molar-refractivity contribution in [2.24, 2.45) is 5.92 Å². The minimum Gasteiger partial charge on any atom is -0.325 e. The molecule has 0 atom stereocenters. The van der Waals surface area contributed by atoms with E-state index in [0.29, 0.717) is 11.7 Å². The average molecular weight is 368 g/mol. The molecular formula is C16H21N3OS3. The molecule has 1 aromatic heterocycles. The molecule has 4 nitrogen and oxygen atoms in total. The van der Waals surface area contributed by atoms with Gasteiger partial charge in [0.1, 0.15) is 0 Å². The summed E-state index contributed by atoms with van der Waals surface area (Å²) in [4.78, 5) is 12.1. The van der Waals surface area contributed by atoms with E-state index in [1.807, 2.05) is 32.0 Å². The van der Waals surface area contributed by atoms with Gasteiger partial charge in [-0.1, -0.05) is 66.9 Å². The molecular weight excluding hydrogens is 346 g/mol. The summed E-state index contributed by atoms with van der Waals surface area (Å²) < 4.78 is 1.81. The Bertz CT molecular complexity index is 650. The number of hydrogen-bond donors (Lipinski definition) is 1. The molecule has 2 aromatic rings. The van der Waals surface area contributed by atoms with Gasteiger partial charge in [0.2, 0.25) is 5.91 Å². The van der Waals surface area contributed by atoms with Gasteiger partial charge in [-0.15, -0.1) is 10.2 Å². The lowest BCUT2D eigenvalue weighted by Gasteiger charge is -2.10. The van der Waals surface area contributed by atoms with E-state index >= 15 is 0 Å². The van der Waals surface area contributed by atoms with E-state index < -0.39 is 0 Å². The van der Waals surface area contributed by atoms with Crippen molar-refractivity contribution in [3.63, 3.8) is 0 Å². The summed E-state index contributed by atoms with van der Waals surface area (Å²) in [6.07, 6.45) is 0. The first-order chi connectivity index (χ1) is 11.0. The molecule has 0 aliphatic carbocycles. The number of amides is 1. The smallest absolute Gasteiger partial charge is 0.234 e. The molecule has 0 saturated heterocycles. The fourth-order valence-corrected chi connectivity index (χ4v) is 4.66. The first-order valence-corrected chi connectivity index (χ1v) is 10.2. The molecule has 1 aromatic carbocycles. The quantitative estimate of drug-likeness (QED) is 0.723. The van der Waals surface area contributed by atoms with Crippen LogP contribution in [0.3, 0.4) is 0 Å². The molecule has 1 amide bonds. The zero-order valence-electron chi connectivity index (χ0n) is 13.8. The highest BCUT2D eigenvalue weighted by atomic mass is 32.2. The van der Waals surface area contributed by atoms with Crippen LogP contribution in [0.15, 0.2) is 26.9 Å². The van der Waals surface area contributed by atoms with Crippen molar-refractivity contribution < 1.29 is 4.79 Å². The van der Waals surface area contributed by atoms with Gasteiger partial charge in [-0.3, -0.25) is 4.79 Å². The van der Waals surface area contributed by atoms with E-state index in [1.165, 1.54) is 11.8 Å². The number of aromatic nitrogens is 2. The number of nitrogens with one attached hydrogen (secondary N) is 1. The van der Waals surface area contributed by atoms with Crippen LogP contribution in [-0.4, -0.2) is 27.6 Å². The topological polar surface area (TPSA) is 54.9 Å². The van der Waals surface area contributed by atoms with E-state index in [4.69, 9.17) is 0 Å². The number of para-hydroxylation sites is 1. The molecule has 0 fully saturated rings. The Morgan fingerprint density at radius 3 is 2.39 bits per heavy atom. The normalized spacial score (nSPS) is 11.0. The molecule has 7 heteroatoms. The van der Waals surface area contributed by atoms with Gasteiger partial charge in [0.05, 0.1) is 5.75 Å². The molecule has 0 aliphatic heterocycles. The van der Waals surface area contributed by atoms with E-state index in [1.54, 1.807) is 23.1 Å². The largest absolute Gasteiger partial charge is 0.325 e. The monoisotopic (exact) mass is 367 g/mol. The maximum absolute atomic E-state index is 12.1. The van der Waals surface area contributed by atoms with Gasteiger partial charge in [0.15, 0.2) is 8.68 Å². The standard InChI is InChI=1S/C16H21N3OS3/c1-10(2)8-21-15-18-19-16(23-15)22-9-13(20)17-14-11(3)6-5-7-12(14)4/h5-7,10H,8-9H2,1-4H3,(H,17,20). The Labute approximate surface area is 149 Å². The maximum atomic E-state index is 12.1. The van der Waals surface area contributed by atoms with Crippen molar-refractivity contribution in [1.82, 2.24) is 10.2 Å². The van der Waals surface area contributed by atoms with Crippen molar-refractivity contribution in [2.45, 2.75) is 36.4 Å². The lowest BCUT2D eigenvalue weighted by atomic mass is 10.1. The second-order valence-electron chi connectivity index (χ2n) is 5.64. The van der Waals surface area contributed by atoms with Crippen molar-refractivity contribution in [3.05, 3.63) is 29.3 Å². The lowest BCUT2D eigenvalue weighted by Crippen LogP contribution is -2.15. The lowest BCUT2D eigenvalue weighted by molar-refractivity contribution is -0.113. The number of rotatable bonds is 7. The fraction of sp³-hybridized carbons (Fsp3) is 0.438. The molecule has 0 aliphatic rings. The molecule has 0 radical (unpaired) electrons. The van der Waals surface area contributed by atoms with Crippen LogP contribution in [0.5, 0.6) is 0 Å². The number of nitrogens with zero attached hydrogens (tertiary/aromatic N) is 2. The van der Waals surface area contributed by atoms with Crippen LogP contribution in [0.25, 0.3) is 0 Å². The minimum absolute atomic E-state index is 0.0148. The van der Waals surface area contributed by atoms with E-state index in [0.717, 1.165) is 31.2 Å². The Hall–Kier alpha value is -1.05. The van der Waals surface area contributed by atoms with Crippen LogP contribution >= 0.6 is 34.9 Å². The Kier molecular flexibility index (Phi) is 6.92. The Balaban J connectivity index is 1.85. The zero-order chi connectivity index (χ0) is 16.8. The van der Waals surface area contributed by atoms with Gasteiger partial charge in [0.25, 0.3) is 0 Å². The van der Waals surface area contributed by atoms with Crippen LogP contribution in [0.1, 0.15) is 25.0 Å². The summed E-state index contributed by atoms with van der Waals surface area (Å²) in [6, 6.07) is 5.99. The van der Waals surface area contributed by atoms with E-state index in [2.05, 4.69) is 29.4 Å². The average Bonchev–Trinajstić information content (AvgIpc) is 2.95. The Morgan fingerprint density at radius 1 is 1.17 bits per heavy atom. The third-order valence-electron chi connectivity index (χ3n) is 3.00. The van der Waals surface area contributed by atoms with Crippen LogP contribution in [0.2, 0.25) is 0 Å². The van der Waals surface area contributed by atoms with Crippen LogP contribution < -0.4 is 5.32 Å². The number of carbonyl (C=O) groups excluding carboxylic acids is 1. The summed E-state index contributed by atoms with van der Waals surface area (Å²) in [5, 5.41) is 11.3. The third kappa shape index (κ3) is 5.82. The van der Waals surface area contributed by atoms with Crippen molar-refractivity contribution in [1.29, 1.82) is 0 Å². The highest BCUT2D eigenvalue weighted by Gasteiger charge is 2.11.